The molecule has 1 fully saturated rings. The molecule has 0 radical (unpaired) electrons. The highest BCUT2D eigenvalue weighted by atomic mass is 32.2. The molecule has 164 valence electrons. The van der Waals surface area contributed by atoms with Crippen LogP contribution in [0.15, 0.2) is 47.6 Å². The van der Waals surface area contributed by atoms with Crippen LogP contribution in [0.5, 0.6) is 5.75 Å². The zero-order valence-electron chi connectivity index (χ0n) is 17.1. The number of pyridine rings is 1. The maximum Gasteiger partial charge on any atom is 0.290 e. The van der Waals surface area contributed by atoms with Gasteiger partial charge in [0.1, 0.15) is 10.6 Å². The van der Waals surface area contributed by atoms with E-state index in [1.165, 1.54) is 16.8 Å². The minimum Gasteiger partial charge on any atom is -0.492 e. The molecule has 0 amide bonds. The average Bonchev–Trinajstić information content (AvgIpc) is 3.51. The fraction of sp³-hybridized carbons (Fsp3) is 0.364. The highest BCUT2D eigenvalue weighted by Crippen LogP contribution is 2.35. The lowest BCUT2D eigenvalue weighted by molar-refractivity contribution is -0.122. The minimum absolute atomic E-state index is 0.231. The van der Waals surface area contributed by atoms with Gasteiger partial charge in [0.25, 0.3) is 16.5 Å². The van der Waals surface area contributed by atoms with Gasteiger partial charge in [-0.15, -0.1) is 0 Å². The van der Waals surface area contributed by atoms with Crippen LogP contribution in [-0.2, 0) is 27.7 Å². The Morgan fingerprint density at radius 2 is 1.94 bits per heavy atom. The number of aromatic nitrogens is 2. The number of hydrogen-bond donors (Lipinski definition) is 1. The molecule has 0 bridgehead atoms. The molecule has 8 nitrogen and oxygen atoms in total. The Morgan fingerprint density at radius 1 is 1.16 bits per heavy atom. The van der Waals surface area contributed by atoms with E-state index in [1.807, 2.05) is 12.1 Å². The van der Waals surface area contributed by atoms with Crippen molar-refractivity contribution in [2.75, 3.05) is 26.2 Å². The molecule has 0 spiro atoms. The van der Waals surface area contributed by atoms with Gasteiger partial charge in [-0.1, -0.05) is 12.1 Å². The van der Waals surface area contributed by atoms with Crippen molar-refractivity contribution < 1.29 is 23.1 Å². The number of carboxylic acid groups (broad SMARTS) is 1. The number of hydrogen-bond acceptors (Lipinski definition) is 6. The molecule has 4 heterocycles. The number of para-hydroxylation sites is 1. The third kappa shape index (κ3) is 4.15. The first-order chi connectivity index (χ1) is 15.1. The molecule has 2 aromatic heterocycles. The molecule has 2 aliphatic heterocycles. The van der Waals surface area contributed by atoms with E-state index in [4.69, 9.17) is 14.6 Å². The first-order valence-electron chi connectivity index (χ1n) is 10.3. The highest BCUT2D eigenvalue weighted by Gasteiger charge is 2.28. The number of nitrogens with zero attached hydrogens (tertiary/aromatic N) is 3. The summed E-state index contributed by atoms with van der Waals surface area (Å²) in [6, 6.07) is 8.95. The maximum absolute atomic E-state index is 13.5. The molecular weight excluding hydrogens is 418 g/mol. The SMILES string of the molecule is O=CO.O=S(=O)(c1cccc2c1OCC2)n1cc(CCN2CCCC2)c2ncccc21. The largest absolute Gasteiger partial charge is 0.492 e. The molecular formula is C22H25N3O5S. The Morgan fingerprint density at radius 3 is 2.71 bits per heavy atom. The van der Waals surface area contributed by atoms with Crippen LogP contribution in [0.25, 0.3) is 11.0 Å². The van der Waals surface area contributed by atoms with Gasteiger partial charge in [0.05, 0.1) is 17.6 Å². The highest BCUT2D eigenvalue weighted by molar-refractivity contribution is 7.90. The fourth-order valence-electron chi connectivity index (χ4n) is 4.26. The molecule has 31 heavy (non-hydrogen) atoms. The van der Waals surface area contributed by atoms with E-state index in [-0.39, 0.29) is 11.4 Å². The van der Waals surface area contributed by atoms with Gasteiger partial charge >= 0.3 is 0 Å². The minimum atomic E-state index is -3.77. The van der Waals surface area contributed by atoms with Crippen molar-refractivity contribution in [3.63, 3.8) is 0 Å². The monoisotopic (exact) mass is 443 g/mol. The predicted molar refractivity (Wildman–Crippen MR) is 116 cm³/mol. The fourth-order valence-corrected chi connectivity index (χ4v) is 5.81. The van der Waals surface area contributed by atoms with Crippen LogP contribution >= 0.6 is 0 Å². The second-order valence-corrected chi connectivity index (χ2v) is 9.36. The van der Waals surface area contributed by atoms with Crippen molar-refractivity contribution in [1.82, 2.24) is 13.9 Å². The molecule has 1 saturated heterocycles. The number of ether oxygens (including phenoxy) is 1. The van der Waals surface area contributed by atoms with E-state index in [9.17, 15) is 8.42 Å². The van der Waals surface area contributed by atoms with Gasteiger partial charge in [0.2, 0.25) is 0 Å². The van der Waals surface area contributed by atoms with Gasteiger partial charge < -0.3 is 14.7 Å². The van der Waals surface area contributed by atoms with Gasteiger partial charge in [-0.2, -0.15) is 0 Å². The van der Waals surface area contributed by atoms with Crippen molar-refractivity contribution >= 4 is 27.5 Å². The van der Waals surface area contributed by atoms with Gasteiger partial charge in [-0.05, 0) is 61.7 Å². The first-order valence-corrected chi connectivity index (χ1v) is 11.8. The Kier molecular flexibility index (Phi) is 6.24. The molecule has 2 aliphatic rings. The molecule has 0 saturated carbocycles. The summed E-state index contributed by atoms with van der Waals surface area (Å²) in [4.78, 5) is 15.5. The molecule has 3 aromatic rings. The van der Waals surface area contributed by atoms with Crippen molar-refractivity contribution in [1.29, 1.82) is 0 Å². The van der Waals surface area contributed by atoms with Crippen molar-refractivity contribution in [3.05, 3.63) is 53.9 Å². The maximum atomic E-state index is 13.5. The lowest BCUT2D eigenvalue weighted by atomic mass is 10.2. The summed E-state index contributed by atoms with van der Waals surface area (Å²) in [6.07, 6.45) is 7.49. The molecule has 0 aliphatic carbocycles. The number of likely N-dealkylation sites (tertiary alicyclic amines) is 1. The molecule has 0 atom stereocenters. The van der Waals surface area contributed by atoms with Crippen LogP contribution in [0.2, 0.25) is 0 Å². The zero-order chi connectivity index (χ0) is 21.8. The van der Waals surface area contributed by atoms with E-state index >= 15 is 0 Å². The van der Waals surface area contributed by atoms with Crippen LogP contribution in [-0.4, -0.2) is 60.1 Å². The first kappa shape index (κ1) is 21.3. The zero-order valence-corrected chi connectivity index (χ0v) is 17.9. The summed E-state index contributed by atoms with van der Waals surface area (Å²) >= 11 is 0. The summed E-state index contributed by atoms with van der Waals surface area (Å²) in [7, 11) is -3.77. The van der Waals surface area contributed by atoms with Crippen molar-refractivity contribution in [2.45, 2.75) is 30.6 Å². The third-order valence-corrected chi connectivity index (χ3v) is 7.41. The van der Waals surface area contributed by atoms with Crippen LogP contribution in [0, 0.1) is 0 Å². The number of carbonyl (C=O) groups is 1. The van der Waals surface area contributed by atoms with E-state index in [2.05, 4.69) is 9.88 Å². The van der Waals surface area contributed by atoms with E-state index in [0.717, 1.165) is 49.1 Å². The van der Waals surface area contributed by atoms with Gasteiger partial charge in [-0.25, -0.2) is 12.4 Å². The number of rotatable bonds is 5. The summed E-state index contributed by atoms with van der Waals surface area (Å²) in [6.45, 7) is 3.45. The van der Waals surface area contributed by atoms with E-state index in [1.54, 1.807) is 30.6 Å². The van der Waals surface area contributed by atoms with Crippen LogP contribution < -0.4 is 4.74 Å². The predicted octanol–water partition coefficient (Wildman–Crippen LogP) is 2.55. The Bertz CT molecular complexity index is 1180. The molecule has 1 N–H and O–H groups in total. The van der Waals surface area contributed by atoms with Crippen LogP contribution in [0.1, 0.15) is 24.0 Å². The summed E-state index contributed by atoms with van der Waals surface area (Å²) in [5.41, 5.74) is 3.30. The van der Waals surface area contributed by atoms with Crippen molar-refractivity contribution in [2.24, 2.45) is 0 Å². The Labute approximate surface area is 181 Å². The topological polar surface area (TPSA) is 102 Å². The molecule has 0 unspecified atom stereocenters. The lowest BCUT2D eigenvalue weighted by Gasteiger charge is -2.13. The lowest BCUT2D eigenvalue weighted by Crippen LogP contribution is -2.21. The second kappa shape index (κ2) is 9.07. The molecule has 1 aromatic carbocycles. The Hall–Kier alpha value is -2.91. The smallest absolute Gasteiger partial charge is 0.290 e. The van der Waals surface area contributed by atoms with Crippen LogP contribution in [0.4, 0.5) is 0 Å². The number of fused-ring (bicyclic) bond motifs is 2. The van der Waals surface area contributed by atoms with Gasteiger partial charge in [0, 0.05) is 25.4 Å². The second-order valence-electron chi connectivity index (χ2n) is 7.57. The van der Waals surface area contributed by atoms with Crippen molar-refractivity contribution in [3.8, 4) is 5.75 Å². The van der Waals surface area contributed by atoms with E-state index < -0.39 is 10.0 Å². The van der Waals surface area contributed by atoms with Gasteiger partial charge in [-0.3, -0.25) is 9.78 Å². The molecule has 5 rings (SSSR count). The van der Waals surface area contributed by atoms with E-state index in [0.29, 0.717) is 17.9 Å². The van der Waals surface area contributed by atoms with Gasteiger partial charge in [0.15, 0.2) is 0 Å². The average molecular weight is 444 g/mol. The summed E-state index contributed by atoms with van der Waals surface area (Å²) in [5.74, 6) is 0.492. The standard InChI is InChI=1S/C21H23N3O3S.CH2O2/c25-28(26,19-7-3-5-16-9-14-27-21(16)19)24-15-17(8-13-23-11-1-2-12-23)20-18(24)6-4-10-22-20;2-1-3/h3-7,10,15H,1-2,8-9,11-14H2;1H,(H,2,3). The Balaban J connectivity index is 0.000000730. The number of benzene rings is 1. The summed E-state index contributed by atoms with van der Waals surface area (Å²) < 4.78 is 34.1. The summed E-state index contributed by atoms with van der Waals surface area (Å²) in [5, 5.41) is 6.89. The molecule has 9 heteroatoms. The quantitative estimate of drug-likeness (QED) is 0.605. The third-order valence-electron chi connectivity index (χ3n) is 5.71. The normalized spacial score (nSPS) is 15.9. The van der Waals surface area contributed by atoms with Crippen LogP contribution in [0.3, 0.4) is 0 Å².